The van der Waals surface area contributed by atoms with E-state index in [9.17, 15) is 9.90 Å². The van der Waals surface area contributed by atoms with Gasteiger partial charge in [-0.1, -0.05) is 30.3 Å². The Morgan fingerprint density at radius 2 is 1.89 bits per heavy atom. The van der Waals surface area contributed by atoms with Crippen LogP contribution in [0.3, 0.4) is 0 Å². The van der Waals surface area contributed by atoms with Crippen LogP contribution in [0.15, 0.2) is 42.5 Å². The number of piperidine rings is 1. The fourth-order valence-corrected chi connectivity index (χ4v) is 3.55. The van der Waals surface area contributed by atoms with E-state index in [1.165, 1.54) is 5.56 Å². The summed E-state index contributed by atoms with van der Waals surface area (Å²) >= 11 is 0. The Kier molecular flexibility index (Phi) is 5.85. The fraction of sp³-hybridized carbons (Fsp3) is 0.435. The molecule has 1 amide bonds. The Labute approximate surface area is 161 Å². The quantitative estimate of drug-likeness (QED) is 0.879. The van der Waals surface area contributed by atoms with Crippen molar-refractivity contribution in [1.29, 1.82) is 0 Å². The highest BCUT2D eigenvalue weighted by Gasteiger charge is 2.36. The molecule has 3 rings (SSSR count). The van der Waals surface area contributed by atoms with Crippen LogP contribution in [0, 0.1) is 20.8 Å². The first-order valence-electron chi connectivity index (χ1n) is 9.61. The van der Waals surface area contributed by atoms with Crippen molar-refractivity contribution < 1.29 is 14.6 Å². The van der Waals surface area contributed by atoms with E-state index in [0.29, 0.717) is 25.9 Å². The third-order valence-electron chi connectivity index (χ3n) is 5.50. The number of aryl methyl sites for hydroxylation is 3. The zero-order chi connectivity index (χ0) is 19.4. The molecular weight excluding hydrogens is 338 g/mol. The lowest BCUT2D eigenvalue weighted by Gasteiger charge is -2.39. The molecule has 0 saturated carbocycles. The van der Waals surface area contributed by atoms with Crippen LogP contribution in [-0.2, 0) is 11.2 Å². The van der Waals surface area contributed by atoms with Crippen molar-refractivity contribution in [2.75, 3.05) is 19.7 Å². The summed E-state index contributed by atoms with van der Waals surface area (Å²) in [4.78, 5) is 14.5. The van der Waals surface area contributed by atoms with Gasteiger partial charge in [-0.2, -0.15) is 0 Å². The zero-order valence-corrected chi connectivity index (χ0v) is 16.5. The van der Waals surface area contributed by atoms with Gasteiger partial charge >= 0.3 is 0 Å². The maximum atomic E-state index is 12.7. The van der Waals surface area contributed by atoms with E-state index < -0.39 is 5.60 Å². The number of benzene rings is 2. The van der Waals surface area contributed by atoms with Gasteiger partial charge in [0.2, 0.25) is 5.91 Å². The minimum Gasteiger partial charge on any atom is -0.491 e. The van der Waals surface area contributed by atoms with Crippen molar-refractivity contribution in [1.82, 2.24) is 4.90 Å². The monoisotopic (exact) mass is 367 g/mol. The lowest BCUT2D eigenvalue weighted by molar-refractivity contribution is -0.139. The molecule has 2 aromatic rings. The summed E-state index contributed by atoms with van der Waals surface area (Å²) in [6, 6.07) is 13.9. The van der Waals surface area contributed by atoms with Gasteiger partial charge in [0, 0.05) is 6.54 Å². The minimum atomic E-state index is -1.00. The lowest BCUT2D eigenvalue weighted by atomic mass is 9.93. The highest BCUT2D eigenvalue weighted by molar-refractivity contribution is 5.79. The first-order valence-corrected chi connectivity index (χ1v) is 9.61. The third kappa shape index (κ3) is 4.89. The van der Waals surface area contributed by atoms with Gasteiger partial charge in [-0.25, -0.2) is 0 Å². The van der Waals surface area contributed by atoms with Gasteiger partial charge in [-0.3, -0.25) is 4.79 Å². The van der Waals surface area contributed by atoms with Crippen LogP contribution < -0.4 is 4.74 Å². The molecule has 1 N–H and O–H groups in total. The van der Waals surface area contributed by atoms with E-state index in [-0.39, 0.29) is 12.5 Å². The SMILES string of the molecule is Cc1ccc(OCC2(O)CCCN(C(=O)Cc3ccccc3C)C2)cc1C. The minimum absolute atomic E-state index is 0.0635. The number of amides is 1. The van der Waals surface area contributed by atoms with Gasteiger partial charge in [0.25, 0.3) is 0 Å². The molecule has 0 spiro atoms. The first-order chi connectivity index (χ1) is 12.9. The summed E-state index contributed by atoms with van der Waals surface area (Å²) in [5, 5.41) is 11.0. The molecule has 1 fully saturated rings. The van der Waals surface area contributed by atoms with Crippen LogP contribution in [0.4, 0.5) is 0 Å². The topological polar surface area (TPSA) is 49.8 Å². The molecule has 1 unspecified atom stereocenters. The van der Waals surface area contributed by atoms with E-state index in [4.69, 9.17) is 4.74 Å². The Balaban J connectivity index is 1.61. The highest BCUT2D eigenvalue weighted by Crippen LogP contribution is 2.25. The number of ether oxygens (including phenoxy) is 1. The molecule has 1 atom stereocenters. The van der Waals surface area contributed by atoms with E-state index in [2.05, 4.69) is 6.92 Å². The Morgan fingerprint density at radius 3 is 2.63 bits per heavy atom. The van der Waals surface area contributed by atoms with Gasteiger partial charge in [0.1, 0.15) is 18.0 Å². The van der Waals surface area contributed by atoms with Crippen molar-refractivity contribution in [3.05, 3.63) is 64.7 Å². The maximum Gasteiger partial charge on any atom is 0.227 e. The number of carbonyl (C=O) groups excluding carboxylic acids is 1. The number of β-amino-alcohol motifs (C(OH)–C–C–N with tert-alkyl or cyclic N) is 1. The molecule has 0 aromatic heterocycles. The zero-order valence-electron chi connectivity index (χ0n) is 16.5. The Bertz CT molecular complexity index is 817. The van der Waals surface area contributed by atoms with E-state index in [1.807, 2.05) is 56.3 Å². The highest BCUT2D eigenvalue weighted by atomic mass is 16.5. The molecule has 144 valence electrons. The number of hydrogen-bond donors (Lipinski definition) is 1. The second kappa shape index (κ2) is 8.13. The van der Waals surface area contributed by atoms with Gasteiger partial charge < -0.3 is 14.7 Å². The van der Waals surface area contributed by atoms with Crippen LogP contribution in [0.1, 0.15) is 35.1 Å². The molecule has 1 aliphatic rings. The third-order valence-corrected chi connectivity index (χ3v) is 5.50. The summed E-state index contributed by atoms with van der Waals surface area (Å²) in [5.74, 6) is 0.823. The predicted molar refractivity (Wildman–Crippen MR) is 107 cm³/mol. The van der Waals surface area contributed by atoms with Crippen LogP contribution in [0.5, 0.6) is 5.75 Å². The van der Waals surface area contributed by atoms with E-state index >= 15 is 0 Å². The summed E-state index contributed by atoms with van der Waals surface area (Å²) in [6.45, 7) is 7.34. The second-order valence-electron chi connectivity index (χ2n) is 7.78. The van der Waals surface area contributed by atoms with Crippen molar-refractivity contribution in [2.24, 2.45) is 0 Å². The number of carbonyl (C=O) groups is 1. The molecule has 1 heterocycles. The largest absolute Gasteiger partial charge is 0.491 e. The van der Waals surface area contributed by atoms with Crippen molar-refractivity contribution in [3.63, 3.8) is 0 Å². The van der Waals surface area contributed by atoms with Gasteiger partial charge in [-0.05, 0) is 68.0 Å². The molecule has 1 aliphatic heterocycles. The molecule has 0 aliphatic carbocycles. The van der Waals surface area contributed by atoms with Crippen LogP contribution in [-0.4, -0.2) is 41.2 Å². The van der Waals surface area contributed by atoms with Crippen LogP contribution in [0.2, 0.25) is 0 Å². The molecule has 27 heavy (non-hydrogen) atoms. The number of hydrogen-bond acceptors (Lipinski definition) is 3. The second-order valence-corrected chi connectivity index (χ2v) is 7.78. The molecule has 4 nitrogen and oxygen atoms in total. The average molecular weight is 367 g/mol. The van der Waals surface area contributed by atoms with Crippen molar-refractivity contribution in [2.45, 2.75) is 45.6 Å². The molecular formula is C23H29NO3. The number of nitrogens with zero attached hydrogens (tertiary/aromatic N) is 1. The normalized spacial score (nSPS) is 19.8. The fourth-order valence-electron chi connectivity index (χ4n) is 3.55. The van der Waals surface area contributed by atoms with E-state index in [0.717, 1.165) is 28.9 Å². The Hall–Kier alpha value is -2.33. The first kappa shape index (κ1) is 19.4. The average Bonchev–Trinajstić information content (AvgIpc) is 2.65. The summed E-state index contributed by atoms with van der Waals surface area (Å²) in [7, 11) is 0. The summed E-state index contributed by atoms with van der Waals surface area (Å²) in [5.41, 5.74) is 3.54. The van der Waals surface area contributed by atoms with Gasteiger partial charge in [-0.15, -0.1) is 0 Å². The van der Waals surface area contributed by atoms with Gasteiger partial charge in [0.05, 0.1) is 13.0 Å². The number of rotatable bonds is 5. The summed E-state index contributed by atoms with van der Waals surface area (Å²) in [6.07, 6.45) is 1.80. The van der Waals surface area contributed by atoms with Crippen LogP contribution in [0.25, 0.3) is 0 Å². The lowest BCUT2D eigenvalue weighted by Crippen LogP contribution is -2.53. The molecule has 0 radical (unpaired) electrons. The number of aliphatic hydroxyl groups is 1. The smallest absolute Gasteiger partial charge is 0.227 e. The standard InChI is InChI=1S/C23H29NO3/c1-17-9-10-21(13-19(17)3)27-16-23(26)11-6-12-24(15-23)22(25)14-20-8-5-4-7-18(20)2/h4-5,7-10,13,26H,6,11-12,14-16H2,1-3H3. The summed E-state index contributed by atoms with van der Waals surface area (Å²) < 4.78 is 5.86. The molecule has 1 saturated heterocycles. The van der Waals surface area contributed by atoms with E-state index in [1.54, 1.807) is 4.90 Å². The van der Waals surface area contributed by atoms with Crippen LogP contribution >= 0.6 is 0 Å². The molecule has 0 bridgehead atoms. The maximum absolute atomic E-state index is 12.7. The molecule has 4 heteroatoms. The molecule has 2 aromatic carbocycles. The Morgan fingerprint density at radius 1 is 1.11 bits per heavy atom. The van der Waals surface area contributed by atoms with Crippen molar-refractivity contribution in [3.8, 4) is 5.75 Å². The van der Waals surface area contributed by atoms with Crippen molar-refractivity contribution >= 4 is 5.91 Å². The van der Waals surface area contributed by atoms with Gasteiger partial charge in [0.15, 0.2) is 0 Å². The predicted octanol–water partition coefficient (Wildman–Crippen LogP) is 3.59. The number of likely N-dealkylation sites (tertiary alicyclic amines) is 1.